The normalized spacial score (nSPS) is 19.2. The Hall–Kier alpha value is -3.55. The Morgan fingerprint density at radius 1 is 1.17 bits per heavy atom. The first-order chi connectivity index (χ1) is 17.2. The van der Waals surface area contributed by atoms with Crippen molar-refractivity contribution in [3.63, 3.8) is 0 Å². The molecule has 5 nitrogen and oxygen atoms in total. The van der Waals surface area contributed by atoms with Gasteiger partial charge in [0.2, 0.25) is 0 Å². The molecule has 8 heteroatoms. The number of benzene rings is 2. The fourth-order valence-corrected chi connectivity index (χ4v) is 4.87. The van der Waals surface area contributed by atoms with Crippen LogP contribution in [0.3, 0.4) is 0 Å². The van der Waals surface area contributed by atoms with Gasteiger partial charge in [0.25, 0.3) is 0 Å². The van der Waals surface area contributed by atoms with E-state index in [0.717, 1.165) is 16.8 Å². The van der Waals surface area contributed by atoms with Gasteiger partial charge in [0.15, 0.2) is 5.78 Å². The number of H-pyrrole nitrogens is 1. The van der Waals surface area contributed by atoms with Crippen molar-refractivity contribution in [2.45, 2.75) is 58.2 Å². The second-order valence-electron chi connectivity index (χ2n) is 9.07. The minimum absolute atomic E-state index is 0.0208. The number of aromatic amines is 1. The van der Waals surface area contributed by atoms with Crippen molar-refractivity contribution >= 4 is 22.4 Å². The lowest BCUT2D eigenvalue weighted by Crippen LogP contribution is -2.27. The molecule has 36 heavy (non-hydrogen) atoms. The van der Waals surface area contributed by atoms with Crippen molar-refractivity contribution in [2.24, 2.45) is 4.99 Å². The molecule has 1 aliphatic rings. The van der Waals surface area contributed by atoms with Gasteiger partial charge in [-0.2, -0.15) is 0 Å². The second kappa shape index (κ2) is 10.6. The summed E-state index contributed by atoms with van der Waals surface area (Å²) in [5, 5.41) is 11.3. The summed E-state index contributed by atoms with van der Waals surface area (Å²) in [4.78, 5) is 21.0. The smallest absolute Gasteiger partial charge is 0.511 e. The highest BCUT2D eigenvalue weighted by atomic mass is 19.4. The fourth-order valence-electron chi connectivity index (χ4n) is 4.87. The quantitative estimate of drug-likeness (QED) is 0.269. The number of hydrogen-bond acceptors (Lipinski definition) is 4. The van der Waals surface area contributed by atoms with E-state index in [9.17, 15) is 23.1 Å². The molecular formula is C28H29F3N2O3. The molecule has 2 N–H and O–H groups in total. The van der Waals surface area contributed by atoms with E-state index >= 15 is 0 Å². The summed E-state index contributed by atoms with van der Waals surface area (Å²) < 4.78 is 42.2. The Morgan fingerprint density at radius 3 is 2.61 bits per heavy atom. The molecule has 1 saturated carbocycles. The van der Waals surface area contributed by atoms with E-state index in [1.165, 1.54) is 12.1 Å². The molecule has 1 fully saturated rings. The average molecular weight is 499 g/mol. The molecule has 1 atom stereocenters. The molecule has 4 rings (SSSR count). The van der Waals surface area contributed by atoms with Crippen molar-refractivity contribution in [1.82, 2.24) is 4.98 Å². The summed E-state index contributed by atoms with van der Waals surface area (Å²) in [5.74, 6) is -0.339. The van der Waals surface area contributed by atoms with Crippen LogP contribution in [-0.4, -0.2) is 34.5 Å². The van der Waals surface area contributed by atoms with Gasteiger partial charge in [-0.05, 0) is 61.4 Å². The van der Waals surface area contributed by atoms with Crippen LogP contribution in [0.1, 0.15) is 55.3 Å². The summed E-state index contributed by atoms with van der Waals surface area (Å²) in [6.07, 6.45) is -2.35. The molecule has 0 aliphatic heterocycles. The van der Waals surface area contributed by atoms with Crippen LogP contribution in [0.2, 0.25) is 0 Å². The van der Waals surface area contributed by atoms with Crippen LogP contribution in [0.25, 0.3) is 10.9 Å². The number of aryl methyl sites for hydroxylation is 1. The van der Waals surface area contributed by atoms with Crippen LogP contribution in [0, 0.1) is 6.92 Å². The van der Waals surface area contributed by atoms with Crippen molar-refractivity contribution in [3.05, 3.63) is 76.7 Å². The summed E-state index contributed by atoms with van der Waals surface area (Å²) in [5.41, 5.74) is 4.35. The van der Waals surface area contributed by atoms with Crippen molar-refractivity contribution < 1.29 is 27.8 Å². The number of carbonyl (C=O) groups excluding carboxylic acids is 1. The number of hydrogen-bond donors (Lipinski definition) is 2. The minimum atomic E-state index is -4.77. The number of nitrogens with zero attached hydrogens (tertiary/aromatic N) is 1. The molecular weight excluding hydrogens is 469 g/mol. The first kappa shape index (κ1) is 25.5. The lowest BCUT2D eigenvalue weighted by atomic mass is 9.78. The number of aliphatic imine (C=N–C) groups is 1. The van der Waals surface area contributed by atoms with Crippen LogP contribution >= 0.6 is 0 Å². The number of halogens is 3. The van der Waals surface area contributed by atoms with Crippen LogP contribution in [0.5, 0.6) is 5.75 Å². The maximum Gasteiger partial charge on any atom is 0.573 e. The van der Waals surface area contributed by atoms with Gasteiger partial charge in [-0.25, -0.2) is 0 Å². The van der Waals surface area contributed by atoms with E-state index in [-0.39, 0.29) is 23.2 Å². The van der Waals surface area contributed by atoms with E-state index in [0.29, 0.717) is 60.8 Å². The van der Waals surface area contributed by atoms with E-state index in [2.05, 4.69) is 9.72 Å². The van der Waals surface area contributed by atoms with Gasteiger partial charge in [0.05, 0.1) is 5.57 Å². The number of Topliss-reactive ketones (excluding diaryl/α,β-unsaturated/α-hetero) is 1. The molecule has 2 aromatic carbocycles. The molecule has 0 amide bonds. The van der Waals surface area contributed by atoms with Gasteiger partial charge in [0, 0.05) is 41.7 Å². The fraction of sp³-hybridized carbons (Fsp3) is 0.357. The van der Waals surface area contributed by atoms with E-state index in [1.54, 1.807) is 6.07 Å². The van der Waals surface area contributed by atoms with Gasteiger partial charge in [-0.1, -0.05) is 37.3 Å². The number of ether oxygens (including phenoxy) is 1. The molecule has 0 bridgehead atoms. The van der Waals surface area contributed by atoms with Crippen LogP contribution in [0.15, 0.2) is 64.9 Å². The highest BCUT2D eigenvalue weighted by Crippen LogP contribution is 2.34. The average Bonchev–Trinajstić information content (AvgIpc) is 3.13. The number of rotatable bonds is 7. The highest BCUT2D eigenvalue weighted by Gasteiger charge is 2.32. The number of ketones is 1. The van der Waals surface area contributed by atoms with Crippen LogP contribution in [-0.2, 0) is 11.2 Å². The number of alkyl halides is 3. The zero-order valence-electron chi connectivity index (χ0n) is 20.3. The molecule has 1 aromatic heterocycles. The van der Waals surface area contributed by atoms with E-state index in [1.807, 2.05) is 44.2 Å². The lowest BCUT2D eigenvalue weighted by molar-refractivity contribution is -0.274. The first-order valence-electron chi connectivity index (χ1n) is 12.1. The van der Waals surface area contributed by atoms with Crippen molar-refractivity contribution in [1.29, 1.82) is 0 Å². The van der Waals surface area contributed by atoms with Crippen LogP contribution < -0.4 is 4.74 Å². The van der Waals surface area contributed by atoms with Gasteiger partial charge in [-0.15, -0.1) is 13.2 Å². The molecule has 190 valence electrons. The van der Waals surface area contributed by atoms with Gasteiger partial charge in [-0.3, -0.25) is 9.79 Å². The Balaban J connectivity index is 1.62. The number of aliphatic hydroxyl groups is 1. The molecule has 0 saturated heterocycles. The largest absolute Gasteiger partial charge is 0.573 e. The zero-order chi connectivity index (χ0) is 25.9. The van der Waals surface area contributed by atoms with Gasteiger partial charge < -0.3 is 14.8 Å². The third-order valence-corrected chi connectivity index (χ3v) is 6.47. The summed E-state index contributed by atoms with van der Waals surface area (Å²) >= 11 is 0. The Kier molecular flexibility index (Phi) is 7.52. The monoisotopic (exact) mass is 498 g/mol. The summed E-state index contributed by atoms with van der Waals surface area (Å²) in [6.45, 7) is 4.12. The summed E-state index contributed by atoms with van der Waals surface area (Å²) in [7, 11) is 0. The molecule has 0 spiro atoms. The third kappa shape index (κ3) is 5.80. The predicted molar refractivity (Wildman–Crippen MR) is 134 cm³/mol. The number of carbonyl (C=O) groups is 1. The Bertz CT molecular complexity index is 1310. The molecule has 0 radical (unpaired) electrons. The predicted octanol–water partition coefficient (Wildman–Crippen LogP) is 7.12. The standard InChI is InChI=1S/C28H29F3N2O3/c1-3-7-25(34)27-24(14-19(15-26(27)35)18-8-5-4-6-9-18)32-13-12-21-17(2)33-23-11-10-20(16-22(21)23)36-28(29,30)31/h4-6,8-11,16,19,33-34H,3,7,12-15H2,1-2H3/b27-25+,32-24?. The number of allylic oxidation sites excluding steroid dienone is 2. The zero-order valence-corrected chi connectivity index (χ0v) is 20.3. The maximum absolute atomic E-state index is 13.1. The SMILES string of the molecule is CCC/C(O)=C1\C(=O)CC(c2ccccc2)CC1=NCCc1c(C)[nH]c2ccc(OC(F)(F)F)cc12. The lowest BCUT2D eigenvalue weighted by Gasteiger charge is -2.26. The first-order valence-corrected chi connectivity index (χ1v) is 12.1. The molecule has 3 aromatic rings. The van der Waals surface area contributed by atoms with Gasteiger partial charge >= 0.3 is 6.36 Å². The maximum atomic E-state index is 13.1. The van der Waals surface area contributed by atoms with Crippen LogP contribution in [0.4, 0.5) is 13.2 Å². The molecule has 1 unspecified atom stereocenters. The number of aromatic nitrogens is 1. The number of nitrogens with one attached hydrogen (secondary N) is 1. The minimum Gasteiger partial charge on any atom is -0.511 e. The Morgan fingerprint density at radius 2 is 1.92 bits per heavy atom. The highest BCUT2D eigenvalue weighted by molar-refractivity contribution is 6.24. The topological polar surface area (TPSA) is 74.7 Å². The van der Waals surface area contributed by atoms with E-state index in [4.69, 9.17) is 4.99 Å². The molecule has 1 heterocycles. The third-order valence-electron chi connectivity index (χ3n) is 6.47. The Labute approximate surface area is 207 Å². The molecule has 1 aliphatic carbocycles. The van der Waals surface area contributed by atoms with E-state index < -0.39 is 6.36 Å². The number of aliphatic hydroxyl groups excluding tert-OH is 1. The number of fused-ring (bicyclic) bond motifs is 1. The summed E-state index contributed by atoms with van der Waals surface area (Å²) in [6, 6.07) is 14.0. The van der Waals surface area contributed by atoms with Crippen molar-refractivity contribution in [2.75, 3.05) is 6.54 Å². The van der Waals surface area contributed by atoms with Crippen molar-refractivity contribution in [3.8, 4) is 5.75 Å². The van der Waals surface area contributed by atoms with Gasteiger partial charge in [0.1, 0.15) is 11.5 Å². The second-order valence-corrected chi connectivity index (χ2v) is 9.07.